The Morgan fingerprint density at radius 1 is 1.38 bits per heavy atom. The summed E-state index contributed by atoms with van der Waals surface area (Å²) >= 11 is 0. The number of alkyl halides is 3. The Labute approximate surface area is 89.3 Å². The van der Waals surface area contributed by atoms with Crippen LogP contribution in [0.5, 0.6) is 0 Å². The van der Waals surface area contributed by atoms with Gasteiger partial charge in [-0.25, -0.2) is 4.39 Å². The Morgan fingerprint density at radius 3 is 2.56 bits per heavy atom. The number of nitrogens with one attached hydrogen (secondary N) is 1. The first kappa shape index (κ1) is 12.5. The molecule has 0 unspecified atom stereocenters. The van der Waals surface area contributed by atoms with Gasteiger partial charge in [0.1, 0.15) is 12.2 Å². The highest BCUT2D eigenvalue weighted by molar-refractivity contribution is 5.91. The van der Waals surface area contributed by atoms with Gasteiger partial charge in [-0.05, 0) is 24.6 Å². The molecule has 0 saturated carbocycles. The largest absolute Gasteiger partial charge is 0.397 e. The molecule has 0 bridgehead atoms. The van der Waals surface area contributed by atoms with Gasteiger partial charge in [0, 0.05) is 0 Å². The van der Waals surface area contributed by atoms with Crippen molar-refractivity contribution in [2.45, 2.75) is 19.5 Å². The van der Waals surface area contributed by atoms with E-state index in [9.17, 15) is 22.4 Å². The lowest BCUT2D eigenvalue weighted by molar-refractivity contribution is -0.150. The number of halogens is 4. The first-order valence-corrected chi connectivity index (χ1v) is 4.41. The first-order valence-electron chi connectivity index (χ1n) is 4.41. The fourth-order valence-corrected chi connectivity index (χ4v) is 1.11. The molecule has 0 fully saturated rings. The average molecular weight is 235 g/mol. The minimum Gasteiger partial charge on any atom is -0.323 e. The molecule has 1 amide bonds. The summed E-state index contributed by atoms with van der Waals surface area (Å²) in [7, 11) is 0. The smallest absolute Gasteiger partial charge is 0.323 e. The second-order valence-corrected chi connectivity index (χ2v) is 3.32. The van der Waals surface area contributed by atoms with Crippen molar-refractivity contribution in [2.75, 3.05) is 5.32 Å². The van der Waals surface area contributed by atoms with Gasteiger partial charge in [-0.1, -0.05) is 6.07 Å². The Kier molecular flexibility index (Phi) is 3.51. The molecule has 0 heterocycles. The summed E-state index contributed by atoms with van der Waals surface area (Å²) in [5, 5.41) is 1.87. The van der Waals surface area contributed by atoms with E-state index < -0.39 is 24.3 Å². The van der Waals surface area contributed by atoms with Crippen molar-refractivity contribution in [1.82, 2.24) is 0 Å². The van der Waals surface area contributed by atoms with Crippen molar-refractivity contribution < 1.29 is 22.4 Å². The summed E-state index contributed by atoms with van der Waals surface area (Å²) in [4.78, 5) is 10.9. The molecular weight excluding hydrogens is 226 g/mol. The van der Waals surface area contributed by atoms with E-state index in [0.29, 0.717) is 5.56 Å². The Hall–Kier alpha value is -1.59. The second kappa shape index (κ2) is 4.51. The molecule has 88 valence electrons. The van der Waals surface area contributed by atoms with Crippen LogP contribution in [0.15, 0.2) is 18.2 Å². The van der Waals surface area contributed by atoms with Crippen LogP contribution < -0.4 is 5.32 Å². The molecule has 1 aromatic carbocycles. The molecule has 0 atom stereocenters. The molecule has 0 radical (unpaired) electrons. The molecule has 0 aliphatic heterocycles. The average Bonchev–Trinajstić information content (AvgIpc) is 2.08. The van der Waals surface area contributed by atoms with E-state index in [1.165, 1.54) is 12.1 Å². The summed E-state index contributed by atoms with van der Waals surface area (Å²) in [6.45, 7) is 1.64. The normalized spacial score (nSPS) is 11.3. The van der Waals surface area contributed by atoms with Gasteiger partial charge in [0.25, 0.3) is 0 Å². The predicted molar refractivity (Wildman–Crippen MR) is 50.4 cm³/mol. The predicted octanol–water partition coefficient (Wildman–Crippen LogP) is 3.03. The lowest BCUT2D eigenvalue weighted by Gasteiger charge is -2.09. The van der Waals surface area contributed by atoms with Gasteiger partial charge >= 0.3 is 6.18 Å². The standard InChI is InChI=1S/C10H9F4NO/c1-6-2-3-7(11)8(4-6)15-9(16)5-10(12,13)14/h2-4H,5H2,1H3,(H,15,16). The SMILES string of the molecule is Cc1ccc(F)c(NC(=O)CC(F)(F)F)c1. The van der Waals surface area contributed by atoms with E-state index in [1.807, 2.05) is 5.32 Å². The van der Waals surface area contributed by atoms with Crippen LogP contribution in [-0.4, -0.2) is 12.1 Å². The van der Waals surface area contributed by atoms with Crippen LogP contribution in [0.2, 0.25) is 0 Å². The number of amides is 1. The molecule has 2 nitrogen and oxygen atoms in total. The lowest BCUT2D eigenvalue weighted by Crippen LogP contribution is -2.21. The Balaban J connectivity index is 2.73. The number of carbonyl (C=O) groups is 1. The number of rotatable bonds is 2. The van der Waals surface area contributed by atoms with Gasteiger partial charge in [0.15, 0.2) is 0 Å². The van der Waals surface area contributed by atoms with E-state index in [2.05, 4.69) is 0 Å². The molecule has 1 rings (SSSR count). The quantitative estimate of drug-likeness (QED) is 0.784. The van der Waals surface area contributed by atoms with Gasteiger partial charge in [-0.15, -0.1) is 0 Å². The minimum atomic E-state index is -4.59. The van der Waals surface area contributed by atoms with E-state index in [1.54, 1.807) is 6.92 Å². The maximum atomic E-state index is 13.1. The third-order valence-electron chi connectivity index (χ3n) is 1.76. The van der Waals surface area contributed by atoms with Gasteiger partial charge in [0.2, 0.25) is 5.91 Å². The summed E-state index contributed by atoms with van der Waals surface area (Å²) in [6, 6.07) is 3.80. The molecule has 16 heavy (non-hydrogen) atoms. The van der Waals surface area contributed by atoms with Crippen LogP contribution in [0.25, 0.3) is 0 Å². The molecule has 1 N–H and O–H groups in total. The van der Waals surface area contributed by atoms with Crippen LogP contribution in [0.3, 0.4) is 0 Å². The topological polar surface area (TPSA) is 29.1 Å². The highest BCUT2D eigenvalue weighted by Gasteiger charge is 2.31. The van der Waals surface area contributed by atoms with E-state index >= 15 is 0 Å². The maximum absolute atomic E-state index is 13.1. The summed E-state index contributed by atoms with van der Waals surface area (Å²) in [5.74, 6) is -2.04. The van der Waals surface area contributed by atoms with Crippen LogP contribution in [0.1, 0.15) is 12.0 Å². The third kappa shape index (κ3) is 3.88. The third-order valence-corrected chi connectivity index (χ3v) is 1.76. The minimum absolute atomic E-state index is 0.241. The van der Waals surface area contributed by atoms with E-state index in [4.69, 9.17) is 0 Å². The van der Waals surface area contributed by atoms with Gasteiger partial charge < -0.3 is 5.32 Å². The molecule has 6 heteroatoms. The Bertz CT molecular complexity index is 400. The van der Waals surface area contributed by atoms with Crippen molar-refractivity contribution >= 4 is 11.6 Å². The fourth-order valence-electron chi connectivity index (χ4n) is 1.11. The summed E-state index contributed by atoms with van der Waals surface area (Å²) < 4.78 is 48.6. The van der Waals surface area contributed by atoms with Crippen LogP contribution >= 0.6 is 0 Å². The van der Waals surface area contributed by atoms with Gasteiger partial charge in [-0.2, -0.15) is 13.2 Å². The zero-order valence-corrected chi connectivity index (χ0v) is 8.36. The summed E-state index contributed by atoms with van der Waals surface area (Å²) in [6.07, 6.45) is -6.22. The molecule has 1 aromatic rings. The van der Waals surface area contributed by atoms with Crippen molar-refractivity contribution in [1.29, 1.82) is 0 Å². The monoisotopic (exact) mass is 235 g/mol. The van der Waals surface area contributed by atoms with Gasteiger partial charge in [-0.3, -0.25) is 4.79 Å². The highest BCUT2D eigenvalue weighted by atomic mass is 19.4. The van der Waals surface area contributed by atoms with Crippen LogP contribution in [0, 0.1) is 12.7 Å². The second-order valence-electron chi connectivity index (χ2n) is 3.32. The highest BCUT2D eigenvalue weighted by Crippen LogP contribution is 2.21. The fraction of sp³-hybridized carbons (Fsp3) is 0.300. The van der Waals surface area contributed by atoms with E-state index in [-0.39, 0.29) is 5.69 Å². The van der Waals surface area contributed by atoms with Crippen LogP contribution in [0.4, 0.5) is 23.2 Å². The number of hydrogen-bond acceptors (Lipinski definition) is 1. The van der Waals surface area contributed by atoms with E-state index in [0.717, 1.165) is 6.07 Å². The number of hydrogen-bond donors (Lipinski definition) is 1. The molecule has 0 aliphatic carbocycles. The number of benzene rings is 1. The Morgan fingerprint density at radius 2 is 2.00 bits per heavy atom. The zero-order valence-electron chi connectivity index (χ0n) is 8.36. The van der Waals surface area contributed by atoms with Crippen molar-refractivity contribution in [2.24, 2.45) is 0 Å². The first-order chi connectivity index (χ1) is 7.28. The van der Waals surface area contributed by atoms with Gasteiger partial charge in [0.05, 0.1) is 5.69 Å². The zero-order chi connectivity index (χ0) is 12.3. The molecule has 0 spiro atoms. The van der Waals surface area contributed by atoms with Crippen molar-refractivity contribution in [3.05, 3.63) is 29.6 Å². The maximum Gasteiger partial charge on any atom is 0.397 e. The molecule has 0 aliphatic rings. The number of carbonyl (C=O) groups excluding carboxylic acids is 1. The van der Waals surface area contributed by atoms with Crippen molar-refractivity contribution in [3.8, 4) is 0 Å². The molecular formula is C10H9F4NO. The lowest BCUT2D eigenvalue weighted by atomic mass is 10.2. The summed E-state index contributed by atoms with van der Waals surface area (Å²) in [5.41, 5.74) is 0.401. The number of anilines is 1. The molecule has 0 saturated heterocycles. The van der Waals surface area contributed by atoms with Crippen LogP contribution in [-0.2, 0) is 4.79 Å². The molecule has 0 aromatic heterocycles. The van der Waals surface area contributed by atoms with Crippen molar-refractivity contribution in [3.63, 3.8) is 0 Å². The number of aryl methyl sites for hydroxylation is 1.